The molecule has 0 saturated carbocycles. The van der Waals surface area contributed by atoms with Crippen molar-refractivity contribution in [2.45, 2.75) is 39.8 Å². The smallest absolute Gasteiger partial charge is 0.270 e. The van der Waals surface area contributed by atoms with Crippen LogP contribution in [0.25, 0.3) is 0 Å². The molecule has 1 atom stereocenters. The minimum Gasteiger partial charge on any atom is -0.344 e. The molecule has 2 N–H and O–H groups in total. The SMILES string of the molecule is Cc1c(C(=O)N[C@@H](C)c2ccccc2)[nH]c(=S)n1C(C)C. The number of aromatic amines is 1. The van der Waals surface area contributed by atoms with Gasteiger partial charge in [0.05, 0.1) is 6.04 Å². The van der Waals surface area contributed by atoms with Crippen LogP contribution in [-0.4, -0.2) is 15.5 Å². The van der Waals surface area contributed by atoms with Gasteiger partial charge in [0.2, 0.25) is 0 Å². The summed E-state index contributed by atoms with van der Waals surface area (Å²) in [7, 11) is 0. The number of imidazole rings is 1. The Morgan fingerprint density at radius 2 is 1.86 bits per heavy atom. The number of carbonyl (C=O) groups is 1. The summed E-state index contributed by atoms with van der Waals surface area (Å²) in [6.45, 7) is 7.97. The van der Waals surface area contributed by atoms with Crippen LogP contribution in [0.3, 0.4) is 0 Å². The maximum Gasteiger partial charge on any atom is 0.270 e. The molecule has 1 heterocycles. The maximum atomic E-state index is 12.4. The molecule has 0 fully saturated rings. The molecule has 1 aromatic heterocycles. The lowest BCUT2D eigenvalue weighted by Gasteiger charge is -2.14. The molecule has 5 heteroatoms. The molecule has 0 unspecified atom stereocenters. The van der Waals surface area contributed by atoms with Crippen LogP contribution < -0.4 is 5.32 Å². The highest BCUT2D eigenvalue weighted by molar-refractivity contribution is 7.71. The van der Waals surface area contributed by atoms with Gasteiger partial charge in [0, 0.05) is 11.7 Å². The number of hydrogen-bond acceptors (Lipinski definition) is 2. The first kappa shape index (κ1) is 15.5. The fraction of sp³-hybridized carbons (Fsp3) is 0.375. The highest BCUT2D eigenvalue weighted by Gasteiger charge is 2.18. The van der Waals surface area contributed by atoms with Gasteiger partial charge in [0.15, 0.2) is 4.77 Å². The predicted octanol–water partition coefficient (Wildman–Crippen LogP) is 3.93. The lowest BCUT2D eigenvalue weighted by molar-refractivity contribution is 0.0934. The van der Waals surface area contributed by atoms with E-state index in [1.807, 2.05) is 62.6 Å². The van der Waals surface area contributed by atoms with Crippen molar-refractivity contribution in [1.82, 2.24) is 14.9 Å². The Bertz CT molecular complexity index is 685. The number of carbonyl (C=O) groups excluding carboxylic acids is 1. The highest BCUT2D eigenvalue weighted by atomic mass is 32.1. The predicted molar refractivity (Wildman–Crippen MR) is 87.1 cm³/mol. The molecule has 0 aliphatic heterocycles. The third kappa shape index (κ3) is 3.24. The van der Waals surface area contributed by atoms with Crippen molar-refractivity contribution >= 4 is 18.1 Å². The normalized spacial score (nSPS) is 12.4. The van der Waals surface area contributed by atoms with E-state index in [2.05, 4.69) is 10.3 Å². The molecule has 4 nitrogen and oxygen atoms in total. The van der Waals surface area contributed by atoms with Gasteiger partial charge < -0.3 is 14.9 Å². The molecule has 0 aliphatic carbocycles. The second-order valence-electron chi connectivity index (χ2n) is 5.46. The van der Waals surface area contributed by atoms with Gasteiger partial charge in [-0.3, -0.25) is 4.79 Å². The average molecular weight is 303 g/mol. The monoisotopic (exact) mass is 303 g/mol. The first-order valence-corrected chi connectivity index (χ1v) is 7.49. The van der Waals surface area contributed by atoms with Crippen LogP contribution in [0.4, 0.5) is 0 Å². The average Bonchev–Trinajstić information content (AvgIpc) is 2.75. The van der Waals surface area contributed by atoms with Crippen LogP contribution in [0.2, 0.25) is 0 Å². The van der Waals surface area contributed by atoms with E-state index < -0.39 is 0 Å². The third-order valence-electron chi connectivity index (χ3n) is 3.56. The fourth-order valence-corrected chi connectivity index (χ4v) is 2.92. The van der Waals surface area contributed by atoms with Crippen LogP contribution >= 0.6 is 12.2 Å². The minimum atomic E-state index is -0.130. The van der Waals surface area contributed by atoms with Gasteiger partial charge in [0.25, 0.3) is 5.91 Å². The summed E-state index contributed by atoms with van der Waals surface area (Å²) in [5.74, 6) is -0.130. The van der Waals surface area contributed by atoms with Crippen LogP contribution in [-0.2, 0) is 0 Å². The van der Waals surface area contributed by atoms with Crippen LogP contribution in [0, 0.1) is 11.7 Å². The largest absolute Gasteiger partial charge is 0.344 e. The molecule has 2 rings (SSSR count). The molecule has 0 spiro atoms. The summed E-state index contributed by atoms with van der Waals surface area (Å²) < 4.78 is 2.54. The molecule has 0 aliphatic rings. The Kier molecular flexibility index (Phi) is 4.63. The number of rotatable bonds is 4. The Hall–Kier alpha value is -1.88. The molecular formula is C16H21N3OS. The van der Waals surface area contributed by atoms with E-state index in [4.69, 9.17) is 12.2 Å². The zero-order valence-electron chi connectivity index (χ0n) is 12.8. The van der Waals surface area contributed by atoms with Crippen molar-refractivity contribution < 1.29 is 4.79 Å². The van der Waals surface area contributed by atoms with Gasteiger partial charge in [-0.25, -0.2) is 0 Å². The molecular weight excluding hydrogens is 282 g/mol. The van der Waals surface area contributed by atoms with Crippen molar-refractivity contribution in [3.05, 3.63) is 52.1 Å². The molecule has 21 heavy (non-hydrogen) atoms. The van der Waals surface area contributed by atoms with Crippen molar-refractivity contribution in [2.24, 2.45) is 0 Å². The van der Waals surface area contributed by atoms with Crippen LogP contribution in [0.15, 0.2) is 30.3 Å². The number of nitrogens with zero attached hydrogens (tertiary/aromatic N) is 1. The molecule has 0 bridgehead atoms. The Balaban J connectivity index is 2.22. The van der Waals surface area contributed by atoms with Crippen molar-refractivity contribution in [1.29, 1.82) is 0 Å². The third-order valence-corrected chi connectivity index (χ3v) is 3.86. The standard InChI is InChI=1S/C16H21N3OS/c1-10(2)19-12(4)14(18-16(19)21)15(20)17-11(3)13-8-6-5-7-9-13/h5-11H,1-4H3,(H,17,20)(H,18,21)/t11-/m0/s1. The quantitative estimate of drug-likeness (QED) is 0.841. The summed E-state index contributed by atoms with van der Waals surface area (Å²) in [4.78, 5) is 15.5. The van der Waals surface area contributed by atoms with Gasteiger partial charge in [-0.1, -0.05) is 30.3 Å². The van der Waals surface area contributed by atoms with E-state index in [1.165, 1.54) is 0 Å². The van der Waals surface area contributed by atoms with Crippen molar-refractivity contribution in [2.75, 3.05) is 0 Å². The van der Waals surface area contributed by atoms with Gasteiger partial charge in [-0.05, 0) is 45.5 Å². The van der Waals surface area contributed by atoms with E-state index in [9.17, 15) is 4.79 Å². The number of hydrogen-bond donors (Lipinski definition) is 2. The summed E-state index contributed by atoms with van der Waals surface area (Å²) >= 11 is 5.29. The second-order valence-corrected chi connectivity index (χ2v) is 5.85. The fourth-order valence-electron chi connectivity index (χ4n) is 2.47. The van der Waals surface area contributed by atoms with E-state index in [0.717, 1.165) is 11.3 Å². The first-order valence-electron chi connectivity index (χ1n) is 7.08. The number of amides is 1. The van der Waals surface area contributed by atoms with Gasteiger partial charge in [0.1, 0.15) is 5.69 Å². The number of benzene rings is 1. The minimum absolute atomic E-state index is 0.0533. The molecule has 1 amide bonds. The summed E-state index contributed by atoms with van der Waals surface area (Å²) in [6, 6.07) is 10.1. The number of nitrogens with one attached hydrogen (secondary N) is 2. The molecule has 2 aromatic rings. The van der Waals surface area contributed by atoms with Gasteiger partial charge in [-0.15, -0.1) is 0 Å². The van der Waals surface area contributed by atoms with Gasteiger partial charge >= 0.3 is 0 Å². The Labute approximate surface area is 130 Å². The maximum absolute atomic E-state index is 12.4. The van der Waals surface area contributed by atoms with E-state index >= 15 is 0 Å². The Morgan fingerprint density at radius 3 is 2.38 bits per heavy atom. The molecule has 1 aromatic carbocycles. The highest BCUT2D eigenvalue weighted by Crippen LogP contribution is 2.17. The lowest BCUT2D eigenvalue weighted by atomic mass is 10.1. The van der Waals surface area contributed by atoms with E-state index in [0.29, 0.717) is 10.5 Å². The number of aromatic nitrogens is 2. The summed E-state index contributed by atoms with van der Waals surface area (Å²) in [5.41, 5.74) is 2.48. The van der Waals surface area contributed by atoms with E-state index in [-0.39, 0.29) is 18.0 Å². The molecule has 0 saturated heterocycles. The van der Waals surface area contributed by atoms with Crippen molar-refractivity contribution in [3.8, 4) is 0 Å². The summed E-state index contributed by atoms with van der Waals surface area (Å²) in [5, 5.41) is 3.00. The molecule has 112 valence electrons. The topological polar surface area (TPSA) is 49.8 Å². The number of H-pyrrole nitrogens is 1. The summed E-state index contributed by atoms with van der Waals surface area (Å²) in [6.07, 6.45) is 0. The first-order chi connectivity index (χ1) is 9.91. The molecule has 0 radical (unpaired) electrons. The van der Waals surface area contributed by atoms with Crippen LogP contribution in [0.1, 0.15) is 54.6 Å². The second kappa shape index (κ2) is 6.26. The van der Waals surface area contributed by atoms with E-state index in [1.54, 1.807) is 0 Å². The van der Waals surface area contributed by atoms with Crippen molar-refractivity contribution in [3.63, 3.8) is 0 Å². The zero-order chi connectivity index (χ0) is 15.6. The van der Waals surface area contributed by atoms with Crippen LogP contribution in [0.5, 0.6) is 0 Å². The lowest BCUT2D eigenvalue weighted by Crippen LogP contribution is -2.27. The van der Waals surface area contributed by atoms with Gasteiger partial charge in [-0.2, -0.15) is 0 Å². The Morgan fingerprint density at radius 1 is 1.24 bits per heavy atom. The zero-order valence-corrected chi connectivity index (χ0v) is 13.6.